The molecule has 2 rings (SSSR count). The Bertz CT molecular complexity index is 550. The standard InChI is InChI=1S/C16H18N2O/c1-12(2)17-16(19)14-10-6-7-11-15(14)18-13-8-4-3-5-9-13/h3-12,18H,1-2H3,(H,17,19). The van der Waals surface area contributed by atoms with E-state index in [-0.39, 0.29) is 11.9 Å². The van der Waals surface area contributed by atoms with Crippen molar-refractivity contribution >= 4 is 17.3 Å². The Morgan fingerprint density at radius 3 is 2.26 bits per heavy atom. The Hall–Kier alpha value is -2.29. The van der Waals surface area contributed by atoms with E-state index >= 15 is 0 Å². The van der Waals surface area contributed by atoms with Gasteiger partial charge in [0, 0.05) is 11.7 Å². The summed E-state index contributed by atoms with van der Waals surface area (Å²) in [5, 5.41) is 6.17. The molecule has 98 valence electrons. The molecule has 0 heterocycles. The number of anilines is 2. The van der Waals surface area contributed by atoms with Crippen LogP contribution in [0.1, 0.15) is 24.2 Å². The molecule has 0 radical (unpaired) electrons. The first-order valence-corrected chi connectivity index (χ1v) is 6.39. The summed E-state index contributed by atoms with van der Waals surface area (Å²) in [6.07, 6.45) is 0. The summed E-state index contributed by atoms with van der Waals surface area (Å²) in [7, 11) is 0. The topological polar surface area (TPSA) is 41.1 Å². The number of hydrogen-bond donors (Lipinski definition) is 2. The van der Waals surface area contributed by atoms with Crippen molar-refractivity contribution in [2.75, 3.05) is 5.32 Å². The van der Waals surface area contributed by atoms with Gasteiger partial charge in [-0.15, -0.1) is 0 Å². The minimum absolute atomic E-state index is 0.0611. The zero-order valence-electron chi connectivity index (χ0n) is 11.2. The number of amides is 1. The van der Waals surface area contributed by atoms with Gasteiger partial charge < -0.3 is 10.6 Å². The van der Waals surface area contributed by atoms with Crippen molar-refractivity contribution in [3.63, 3.8) is 0 Å². The van der Waals surface area contributed by atoms with E-state index in [0.717, 1.165) is 11.4 Å². The Balaban J connectivity index is 2.24. The minimum Gasteiger partial charge on any atom is -0.355 e. The molecule has 0 bridgehead atoms. The summed E-state index contributed by atoms with van der Waals surface area (Å²) in [5.74, 6) is -0.0611. The van der Waals surface area contributed by atoms with Gasteiger partial charge in [0.05, 0.1) is 11.3 Å². The summed E-state index contributed by atoms with van der Waals surface area (Å²) in [4.78, 5) is 12.1. The summed E-state index contributed by atoms with van der Waals surface area (Å²) >= 11 is 0. The Labute approximate surface area is 113 Å². The van der Waals surface area contributed by atoms with Gasteiger partial charge >= 0.3 is 0 Å². The van der Waals surface area contributed by atoms with Crippen LogP contribution in [0.15, 0.2) is 54.6 Å². The number of para-hydroxylation sites is 2. The third-order valence-electron chi connectivity index (χ3n) is 2.64. The molecule has 2 aromatic carbocycles. The molecular weight excluding hydrogens is 236 g/mol. The van der Waals surface area contributed by atoms with Crippen molar-refractivity contribution in [3.8, 4) is 0 Å². The monoisotopic (exact) mass is 254 g/mol. The van der Waals surface area contributed by atoms with Crippen LogP contribution >= 0.6 is 0 Å². The quantitative estimate of drug-likeness (QED) is 0.875. The number of rotatable bonds is 4. The number of carbonyl (C=O) groups excluding carboxylic acids is 1. The van der Waals surface area contributed by atoms with E-state index in [1.165, 1.54) is 0 Å². The highest BCUT2D eigenvalue weighted by Crippen LogP contribution is 2.20. The molecule has 0 spiro atoms. The van der Waals surface area contributed by atoms with Crippen LogP contribution in [0.3, 0.4) is 0 Å². The first-order chi connectivity index (χ1) is 9.16. The minimum atomic E-state index is -0.0611. The van der Waals surface area contributed by atoms with Gasteiger partial charge in [0.2, 0.25) is 0 Å². The van der Waals surface area contributed by atoms with Crippen LogP contribution in [0.2, 0.25) is 0 Å². The van der Waals surface area contributed by atoms with Crippen LogP contribution in [0.25, 0.3) is 0 Å². The molecule has 3 nitrogen and oxygen atoms in total. The lowest BCUT2D eigenvalue weighted by atomic mass is 10.1. The van der Waals surface area contributed by atoms with Crippen molar-refractivity contribution in [2.45, 2.75) is 19.9 Å². The normalized spacial score (nSPS) is 10.3. The van der Waals surface area contributed by atoms with Gasteiger partial charge in [-0.3, -0.25) is 4.79 Å². The molecule has 2 aromatic rings. The first kappa shape index (κ1) is 13.1. The maximum absolute atomic E-state index is 12.1. The summed E-state index contributed by atoms with van der Waals surface area (Å²) < 4.78 is 0. The number of carbonyl (C=O) groups is 1. The lowest BCUT2D eigenvalue weighted by molar-refractivity contribution is 0.0944. The fourth-order valence-corrected chi connectivity index (χ4v) is 1.81. The lowest BCUT2D eigenvalue weighted by Gasteiger charge is -2.13. The van der Waals surface area contributed by atoms with Crippen molar-refractivity contribution in [2.24, 2.45) is 0 Å². The summed E-state index contributed by atoms with van der Waals surface area (Å²) in [6.45, 7) is 3.90. The molecule has 0 aliphatic rings. The highest BCUT2D eigenvalue weighted by Gasteiger charge is 2.11. The number of nitrogens with one attached hydrogen (secondary N) is 2. The van der Waals surface area contributed by atoms with Gasteiger partial charge in [0.25, 0.3) is 5.91 Å². The van der Waals surface area contributed by atoms with E-state index in [2.05, 4.69) is 10.6 Å². The molecule has 19 heavy (non-hydrogen) atoms. The average Bonchev–Trinajstić information content (AvgIpc) is 2.39. The van der Waals surface area contributed by atoms with E-state index in [9.17, 15) is 4.79 Å². The Morgan fingerprint density at radius 1 is 0.947 bits per heavy atom. The third-order valence-corrected chi connectivity index (χ3v) is 2.64. The molecule has 0 aliphatic carbocycles. The number of hydrogen-bond acceptors (Lipinski definition) is 2. The predicted molar refractivity (Wildman–Crippen MR) is 78.8 cm³/mol. The average molecular weight is 254 g/mol. The van der Waals surface area contributed by atoms with Crippen LogP contribution in [-0.2, 0) is 0 Å². The fourth-order valence-electron chi connectivity index (χ4n) is 1.81. The maximum Gasteiger partial charge on any atom is 0.253 e. The molecule has 0 aliphatic heterocycles. The molecule has 3 heteroatoms. The maximum atomic E-state index is 12.1. The van der Waals surface area contributed by atoms with E-state index in [0.29, 0.717) is 5.56 Å². The van der Waals surface area contributed by atoms with Crippen LogP contribution < -0.4 is 10.6 Å². The SMILES string of the molecule is CC(C)NC(=O)c1ccccc1Nc1ccccc1. The molecule has 2 N–H and O–H groups in total. The van der Waals surface area contributed by atoms with Crippen LogP contribution in [0.4, 0.5) is 11.4 Å². The third kappa shape index (κ3) is 3.58. The zero-order chi connectivity index (χ0) is 13.7. The Kier molecular flexibility index (Phi) is 4.18. The van der Waals surface area contributed by atoms with Gasteiger partial charge in [-0.2, -0.15) is 0 Å². The molecule has 0 saturated heterocycles. The van der Waals surface area contributed by atoms with Gasteiger partial charge in [0.15, 0.2) is 0 Å². The molecule has 1 amide bonds. The van der Waals surface area contributed by atoms with Gasteiger partial charge in [-0.05, 0) is 38.1 Å². The highest BCUT2D eigenvalue weighted by molar-refractivity contribution is 6.00. The van der Waals surface area contributed by atoms with Crippen molar-refractivity contribution in [1.82, 2.24) is 5.32 Å². The van der Waals surface area contributed by atoms with Crippen molar-refractivity contribution in [1.29, 1.82) is 0 Å². The van der Waals surface area contributed by atoms with Crippen LogP contribution in [0, 0.1) is 0 Å². The number of benzene rings is 2. The molecule has 0 saturated carbocycles. The van der Waals surface area contributed by atoms with E-state index in [4.69, 9.17) is 0 Å². The van der Waals surface area contributed by atoms with Gasteiger partial charge in [-0.25, -0.2) is 0 Å². The van der Waals surface area contributed by atoms with Crippen molar-refractivity contribution in [3.05, 3.63) is 60.2 Å². The van der Waals surface area contributed by atoms with E-state index in [1.54, 1.807) is 0 Å². The molecular formula is C16H18N2O. The highest BCUT2D eigenvalue weighted by atomic mass is 16.1. The van der Waals surface area contributed by atoms with Gasteiger partial charge in [0.1, 0.15) is 0 Å². The lowest BCUT2D eigenvalue weighted by Crippen LogP contribution is -2.30. The summed E-state index contributed by atoms with van der Waals surface area (Å²) in [5.41, 5.74) is 2.43. The van der Waals surface area contributed by atoms with Gasteiger partial charge in [-0.1, -0.05) is 30.3 Å². The molecule has 0 unspecified atom stereocenters. The second-order valence-corrected chi connectivity index (χ2v) is 4.66. The van der Waals surface area contributed by atoms with E-state index in [1.807, 2.05) is 68.4 Å². The largest absolute Gasteiger partial charge is 0.355 e. The Morgan fingerprint density at radius 2 is 1.58 bits per heavy atom. The van der Waals surface area contributed by atoms with E-state index < -0.39 is 0 Å². The zero-order valence-corrected chi connectivity index (χ0v) is 11.2. The van der Waals surface area contributed by atoms with Crippen LogP contribution in [0.5, 0.6) is 0 Å². The molecule has 0 aromatic heterocycles. The predicted octanol–water partition coefficient (Wildman–Crippen LogP) is 3.57. The molecule has 0 fully saturated rings. The smallest absolute Gasteiger partial charge is 0.253 e. The van der Waals surface area contributed by atoms with Crippen molar-refractivity contribution < 1.29 is 4.79 Å². The fraction of sp³-hybridized carbons (Fsp3) is 0.188. The molecule has 0 atom stereocenters. The summed E-state index contributed by atoms with van der Waals surface area (Å²) in [6, 6.07) is 17.4. The first-order valence-electron chi connectivity index (χ1n) is 6.39. The second kappa shape index (κ2) is 6.05. The second-order valence-electron chi connectivity index (χ2n) is 4.66. The van der Waals surface area contributed by atoms with Crippen LogP contribution in [-0.4, -0.2) is 11.9 Å².